The Balaban J connectivity index is 1.32. The topological polar surface area (TPSA) is 57.3 Å². The van der Waals surface area contributed by atoms with Crippen LogP contribution >= 0.6 is 0 Å². The van der Waals surface area contributed by atoms with Crippen molar-refractivity contribution < 1.29 is 14.3 Å². The molecule has 1 amide bonds. The lowest BCUT2D eigenvalue weighted by molar-refractivity contribution is -0.132. The summed E-state index contributed by atoms with van der Waals surface area (Å²) < 4.78 is 10.8. The molecular weight excluding hydrogens is 344 g/mol. The van der Waals surface area contributed by atoms with E-state index in [4.69, 9.17) is 9.47 Å². The van der Waals surface area contributed by atoms with Crippen LogP contribution in [0.4, 0.5) is 0 Å². The number of rotatable bonds is 9. The quantitative estimate of drug-likeness (QED) is 0.649. The molecule has 2 heterocycles. The molecule has 27 heavy (non-hydrogen) atoms. The molecule has 150 valence electrons. The molecule has 7 heteroatoms. The first-order valence-corrected chi connectivity index (χ1v) is 9.86. The van der Waals surface area contributed by atoms with Crippen LogP contribution in [-0.2, 0) is 11.3 Å². The van der Waals surface area contributed by atoms with Crippen LogP contribution in [0.3, 0.4) is 0 Å². The van der Waals surface area contributed by atoms with Crippen molar-refractivity contribution in [1.29, 1.82) is 0 Å². The smallest absolute Gasteiger partial charge is 0.231 e. The lowest BCUT2D eigenvalue weighted by Crippen LogP contribution is -2.48. The minimum absolute atomic E-state index is 0.262. The van der Waals surface area contributed by atoms with Crippen LogP contribution < -0.4 is 14.8 Å². The molecule has 2 aliphatic rings. The Morgan fingerprint density at radius 1 is 1.11 bits per heavy atom. The van der Waals surface area contributed by atoms with Crippen LogP contribution in [0.5, 0.6) is 11.5 Å². The van der Waals surface area contributed by atoms with Gasteiger partial charge in [0.1, 0.15) is 0 Å². The fourth-order valence-electron chi connectivity index (χ4n) is 3.45. The maximum absolute atomic E-state index is 12.4. The standard InChI is InChI=1S/C20H32N4O3/c1-22(2)9-3-7-21-8-6-20(25)24-12-10-23(11-13-24)15-17-4-5-18-19(14-17)27-16-26-18/h4-5,14,21H,3,6-13,15-16H2,1-2H3. The minimum atomic E-state index is 0.262. The van der Waals surface area contributed by atoms with E-state index in [9.17, 15) is 4.79 Å². The first-order chi connectivity index (χ1) is 13.1. The number of benzene rings is 1. The van der Waals surface area contributed by atoms with E-state index < -0.39 is 0 Å². The molecular formula is C20H32N4O3. The maximum atomic E-state index is 12.4. The van der Waals surface area contributed by atoms with E-state index in [1.807, 2.05) is 11.0 Å². The van der Waals surface area contributed by atoms with Crippen molar-refractivity contribution in [3.8, 4) is 11.5 Å². The number of carbonyl (C=O) groups is 1. The summed E-state index contributed by atoms with van der Waals surface area (Å²) in [5.41, 5.74) is 1.22. The molecule has 0 atom stereocenters. The van der Waals surface area contributed by atoms with Crippen LogP contribution in [0.15, 0.2) is 18.2 Å². The fraction of sp³-hybridized carbons (Fsp3) is 0.650. The van der Waals surface area contributed by atoms with Gasteiger partial charge in [0.2, 0.25) is 12.7 Å². The number of nitrogens with one attached hydrogen (secondary N) is 1. The van der Waals surface area contributed by atoms with E-state index in [2.05, 4.69) is 41.3 Å². The second-order valence-corrected chi connectivity index (χ2v) is 7.50. The Morgan fingerprint density at radius 3 is 2.67 bits per heavy atom. The van der Waals surface area contributed by atoms with Crippen LogP contribution in [0, 0.1) is 0 Å². The summed E-state index contributed by atoms with van der Waals surface area (Å²) in [5, 5.41) is 3.37. The van der Waals surface area contributed by atoms with Gasteiger partial charge in [-0.2, -0.15) is 0 Å². The average molecular weight is 377 g/mol. The summed E-state index contributed by atoms with van der Waals surface area (Å²) >= 11 is 0. The number of fused-ring (bicyclic) bond motifs is 1. The molecule has 0 spiro atoms. The van der Waals surface area contributed by atoms with Gasteiger partial charge in [0.25, 0.3) is 0 Å². The maximum Gasteiger partial charge on any atom is 0.231 e. The van der Waals surface area contributed by atoms with Crippen molar-refractivity contribution in [1.82, 2.24) is 20.0 Å². The second-order valence-electron chi connectivity index (χ2n) is 7.50. The number of ether oxygens (including phenoxy) is 2. The molecule has 0 aliphatic carbocycles. The third-order valence-corrected chi connectivity index (χ3v) is 5.04. The predicted molar refractivity (Wildman–Crippen MR) is 105 cm³/mol. The highest BCUT2D eigenvalue weighted by molar-refractivity contribution is 5.76. The SMILES string of the molecule is CN(C)CCCNCCC(=O)N1CCN(Cc2ccc3c(c2)OCO3)CC1. The lowest BCUT2D eigenvalue weighted by Gasteiger charge is -2.34. The van der Waals surface area contributed by atoms with Gasteiger partial charge in [0.05, 0.1) is 0 Å². The number of piperazine rings is 1. The Morgan fingerprint density at radius 2 is 1.89 bits per heavy atom. The summed E-state index contributed by atoms with van der Waals surface area (Å²) in [6.07, 6.45) is 1.70. The van der Waals surface area contributed by atoms with Gasteiger partial charge in [-0.25, -0.2) is 0 Å². The van der Waals surface area contributed by atoms with Crippen molar-refractivity contribution >= 4 is 5.91 Å². The van der Waals surface area contributed by atoms with E-state index in [0.29, 0.717) is 13.2 Å². The summed E-state index contributed by atoms with van der Waals surface area (Å²) in [6.45, 7) is 7.45. The molecule has 1 aromatic rings. The molecule has 3 rings (SSSR count). The number of amides is 1. The average Bonchev–Trinajstić information content (AvgIpc) is 3.12. The normalized spacial score (nSPS) is 16.9. The zero-order chi connectivity index (χ0) is 19.1. The van der Waals surface area contributed by atoms with Gasteiger partial charge in [0.15, 0.2) is 11.5 Å². The zero-order valence-electron chi connectivity index (χ0n) is 16.6. The van der Waals surface area contributed by atoms with Crippen LogP contribution in [0.2, 0.25) is 0 Å². The highest BCUT2D eigenvalue weighted by Gasteiger charge is 2.21. The number of hydrogen-bond donors (Lipinski definition) is 1. The van der Waals surface area contributed by atoms with Gasteiger partial charge in [-0.1, -0.05) is 6.07 Å². The van der Waals surface area contributed by atoms with Gasteiger partial charge in [-0.05, 0) is 51.3 Å². The highest BCUT2D eigenvalue weighted by Crippen LogP contribution is 2.32. The predicted octanol–water partition coefficient (Wildman–Crippen LogP) is 0.991. The minimum Gasteiger partial charge on any atom is -0.454 e. The lowest BCUT2D eigenvalue weighted by atomic mass is 10.1. The first kappa shape index (κ1) is 19.9. The molecule has 1 saturated heterocycles. The summed E-state index contributed by atoms with van der Waals surface area (Å²) in [7, 11) is 4.16. The third kappa shape index (κ3) is 6.09. The van der Waals surface area contributed by atoms with Crippen molar-refractivity contribution in [3.63, 3.8) is 0 Å². The third-order valence-electron chi connectivity index (χ3n) is 5.04. The van der Waals surface area contributed by atoms with Crippen molar-refractivity contribution in [2.24, 2.45) is 0 Å². The van der Waals surface area contributed by atoms with Crippen LogP contribution in [0.1, 0.15) is 18.4 Å². The van der Waals surface area contributed by atoms with Crippen LogP contribution in [0.25, 0.3) is 0 Å². The van der Waals surface area contributed by atoms with Gasteiger partial charge >= 0.3 is 0 Å². The summed E-state index contributed by atoms with van der Waals surface area (Å²) in [5.74, 6) is 1.92. The number of nitrogens with zero attached hydrogens (tertiary/aromatic N) is 3. The highest BCUT2D eigenvalue weighted by atomic mass is 16.7. The Hall–Kier alpha value is -1.83. The van der Waals surface area contributed by atoms with E-state index in [1.165, 1.54) is 5.56 Å². The van der Waals surface area contributed by atoms with Gasteiger partial charge in [-0.3, -0.25) is 9.69 Å². The molecule has 0 radical (unpaired) electrons. The van der Waals surface area contributed by atoms with Crippen molar-refractivity contribution in [2.75, 3.05) is 66.7 Å². The molecule has 0 unspecified atom stereocenters. The van der Waals surface area contributed by atoms with E-state index in [-0.39, 0.29) is 5.91 Å². The first-order valence-electron chi connectivity index (χ1n) is 9.86. The van der Waals surface area contributed by atoms with Crippen molar-refractivity contribution in [2.45, 2.75) is 19.4 Å². The van der Waals surface area contributed by atoms with Crippen molar-refractivity contribution in [3.05, 3.63) is 23.8 Å². The molecule has 1 N–H and O–H groups in total. The monoisotopic (exact) mass is 376 g/mol. The van der Waals surface area contributed by atoms with Gasteiger partial charge in [0, 0.05) is 45.7 Å². The Kier molecular flexibility index (Phi) is 7.32. The van der Waals surface area contributed by atoms with Gasteiger partial charge in [-0.15, -0.1) is 0 Å². The van der Waals surface area contributed by atoms with Gasteiger partial charge < -0.3 is 24.6 Å². The summed E-state index contributed by atoms with van der Waals surface area (Å²) in [6, 6.07) is 6.12. The second kappa shape index (κ2) is 9.92. The van der Waals surface area contributed by atoms with E-state index in [1.54, 1.807) is 0 Å². The van der Waals surface area contributed by atoms with Crippen LogP contribution in [-0.4, -0.2) is 87.3 Å². The molecule has 0 bridgehead atoms. The molecule has 2 aliphatic heterocycles. The number of carbonyl (C=O) groups excluding carboxylic acids is 1. The Labute approximate surface area is 162 Å². The molecule has 1 aromatic carbocycles. The molecule has 1 fully saturated rings. The number of hydrogen-bond acceptors (Lipinski definition) is 6. The fourth-order valence-corrected chi connectivity index (χ4v) is 3.45. The largest absolute Gasteiger partial charge is 0.454 e. The van der Waals surface area contributed by atoms with E-state index in [0.717, 1.165) is 70.3 Å². The summed E-state index contributed by atoms with van der Waals surface area (Å²) in [4.78, 5) is 18.9. The molecule has 0 saturated carbocycles. The zero-order valence-corrected chi connectivity index (χ0v) is 16.6. The Bertz CT molecular complexity index is 615. The molecule has 7 nitrogen and oxygen atoms in total. The van der Waals surface area contributed by atoms with E-state index >= 15 is 0 Å². The molecule has 0 aromatic heterocycles.